The number of amides is 1. The van der Waals surface area contributed by atoms with Crippen molar-refractivity contribution in [3.63, 3.8) is 0 Å². The number of rotatable bonds is 9. The highest BCUT2D eigenvalue weighted by Crippen LogP contribution is 2.27. The molecule has 0 aliphatic carbocycles. The second kappa shape index (κ2) is 10.9. The number of likely N-dealkylation sites (tertiary alicyclic amines) is 1. The van der Waals surface area contributed by atoms with Gasteiger partial charge in [-0.1, -0.05) is 43.0 Å². The third-order valence-electron chi connectivity index (χ3n) is 6.20. The minimum atomic E-state index is -0.250. The van der Waals surface area contributed by atoms with Gasteiger partial charge in [0.2, 0.25) is 5.91 Å². The van der Waals surface area contributed by atoms with Crippen molar-refractivity contribution in [3.05, 3.63) is 83.7 Å². The van der Waals surface area contributed by atoms with Crippen LogP contribution in [0.2, 0.25) is 0 Å². The van der Waals surface area contributed by atoms with E-state index in [1.165, 1.54) is 12.3 Å². The zero-order valence-corrected chi connectivity index (χ0v) is 18.9. The van der Waals surface area contributed by atoms with E-state index in [1.807, 2.05) is 42.2 Å². The molecule has 3 rings (SSSR count). The lowest BCUT2D eigenvalue weighted by atomic mass is 10.0. The highest BCUT2D eigenvalue weighted by atomic mass is 19.1. The lowest BCUT2D eigenvalue weighted by Crippen LogP contribution is -2.34. The van der Waals surface area contributed by atoms with Gasteiger partial charge in [-0.25, -0.2) is 4.39 Å². The van der Waals surface area contributed by atoms with Crippen molar-refractivity contribution in [3.8, 4) is 0 Å². The van der Waals surface area contributed by atoms with Crippen molar-refractivity contribution in [2.24, 2.45) is 5.92 Å². The first-order valence-corrected chi connectivity index (χ1v) is 11.2. The monoisotopic (exact) mass is 433 g/mol. The standard InChI is InChI=1S/C27H32FN3O/c1-4-21(5-2)23-10-12-26(24(15-23)16-29)30-17-20-14-19(3)31(18-20)27(32)13-11-22-8-6-7-9-25(22)28/h4-10,12,15-16,19-20,29-30H,1,11,13-14,17-18H2,2-3H3/b21-5+,29-16?. The Balaban J connectivity index is 1.57. The van der Waals surface area contributed by atoms with E-state index < -0.39 is 0 Å². The number of nitrogens with one attached hydrogen (secondary N) is 2. The molecule has 32 heavy (non-hydrogen) atoms. The van der Waals surface area contributed by atoms with Gasteiger partial charge in [-0.05, 0) is 67.5 Å². The molecule has 1 heterocycles. The van der Waals surface area contributed by atoms with Crippen LogP contribution in [0.3, 0.4) is 0 Å². The third-order valence-corrected chi connectivity index (χ3v) is 6.20. The quantitative estimate of drug-likeness (QED) is 0.394. The number of carbonyl (C=O) groups is 1. The van der Waals surface area contributed by atoms with E-state index in [1.54, 1.807) is 18.2 Å². The number of hydrogen-bond acceptors (Lipinski definition) is 3. The number of allylic oxidation sites excluding steroid dienone is 3. The average Bonchev–Trinajstić information content (AvgIpc) is 3.18. The van der Waals surface area contributed by atoms with Crippen LogP contribution in [0, 0.1) is 17.1 Å². The molecule has 2 aromatic carbocycles. The van der Waals surface area contributed by atoms with Gasteiger partial charge in [0.25, 0.3) is 0 Å². The largest absolute Gasteiger partial charge is 0.384 e. The molecule has 1 aliphatic heterocycles. The van der Waals surface area contributed by atoms with Crippen LogP contribution in [0.4, 0.5) is 10.1 Å². The zero-order valence-electron chi connectivity index (χ0n) is 18.9. The number of hydrogen-bond donors (Lipinski definition) is 2. The Morgan fingerprint density at radius 2 is 2.09 bits per heavy atom. The first-order chi connectivity index (χ1) is 15.5. The van der Waals surface area contributed by atoms with Gasteiger partial charge in [-0.2, -0.15) is 0 Å². The molecule has 1 aliphatic rings. The van der Waals surface area contributed by atoms with Crippen LogP contribution in [0.1, 0.15) is 43.4 Å². The van der Waals surface area contributed by atoms with Crippen molar-refractivity contribution < 1.29 is 9.18 Å². The molecule has 1 saturated heterocycles. The topological polar surface area (TPSA) is 56.2 Å². The third kappa shape index (κ3) is 5.52. The van der Waals surface area contributed by atoms with E-state index in [-0.39, 0.29) is 17.8 Å². The second-order valence-corrected chi connectivity index (χ2v) is 8.36. The van der Waals surface area contributed by atoms with Gasteiger partial charge in [0, 0.05) is 43.0 Å². The van der Waals surface area contributed by atoms with Crippen molar-refractivity contribution in [2.75, 3.05) is 18.4 Å². The van der Waals surface area contributed by atoms with Crippen LogP contribution < -0.4 is 5.32 Å². The summed E-state index contributed by atoms with van der Waals surface area (Å²) in [6.45, 7) is 9.32. The summed E-state index contributed by atoms with van der Waals surface area (Å²) in [4.78, 5) is 14.7. The number of anilines is 1. The van der Waals surface area contributed by atoms with Crippen molar-refractivity contribution >= 4 is 23.4 Å². The van der Waals surface area contributed by atoms with Crippen LogP contribution in [-0.2, 0) is 11.2 Å². The van der Waals surface area contributed by atoms with Crippen LogP contribution in [0.15, 0.2) is 61.2 Å². The summed E-state index contributed by atoms with van der Waals surface area (Å²) >= 11 is 0. The maximum Gasteiger partial charge on any atom is 0.223 e. The summed E-state index contributed by atoms with van der Waals surface area (Å²) in [7, 11) is 0. The molecule has 2 N–H and O–H groups in total. The normalized spacial score (nSPS) is 18.5. The molecule has 5 heteroatoms. The minimum absolute atomic E-state index is 0.0797. The fourth-order valence-corrected chi connectivity index (χ4v) is 4.40. The summed E-state index contributed by atoms with van der Waals surface area (Å²) in [6, 6.07) is 12.8. The predicted octanol–water partition coefficient (Wildman–Crippen LogP) is 5.69. The molecule has 0 aromatic heterocycles. The summed E-state index contributed by atoms with van der Waals surface area (Å²) in [5.74, 6) is 0.163. The fourth-order valence-electron chi connectivity index (χ4n) is 4.40. The van der Waals surface area contributed by atoms with Gasteiger partial charge >= 0.3 is 0 Å². The smallest absolute Gasteiger partial charge is 0.223 e. The molecule has 4 nitrogen and oxygen atoms in total. The number of benzene rings is 2. The van der Waals surface area contributed by atoms with Crippen molar-refractivity contribution in [1.82, 2.24) is 4.90 Å². The van der Waals surface area contributed by atoms with E-state index in [9.17, 15) is 9.18 Å². The van der Waals surface area contributed by atoms with E-state index >= 15 is 0 Å². The Kier molecular flexibility index (Phi) is 7.98. The summed E-state index contributed by atoms with van der Waals surface area (Å²) in [6.07, 6.45) is 6.84. The summed E-state index contributed by atoms with van der Waals surface area (Å²) < 4.78 is 13.8. The van der Waals surface area contributed by atoms with Crippen LogP contribution in [0.5, 0.6) is 0 Å². The molecular weight excluding hydrogens is 401 g/mol. The molecule has 2 atom stereocenters. The van der Waals surface area contributed by atoms with Crippen LogP contribution in [-0.4, -0.2) is 36.2 Å². The zero-order chi connectivity index (χ0) is 23.1. The van der Waals surface area contributed by atoms with Gasteiger partial charge in [-0.3, -0.25) is 4.79 Å². The van der Waals surface area contributed by atoms with Gasteiger partial charge in [-0.15, -0.1) is 0 Å². The van der Waals surface area contributed by atoms with Crippen LogP contribution in [0.25, 0.3) is 5.57 Å². The first kappa shape index (κ1) is 23.5. The molecule has 2 aromatic rings. The molecule has 168 valence electrons. The molecule has 1 fully saturated rings. The van der Waals surface area contributed by atoms with Crippen LogP contribution >= 0.6 is 0 Å². The fraction of sp³-hybridized carbons (Fsp3) is 0.333. The van der Waals surface area contributed by atoms with Crippen molar-refractivity contribution in [1.29, 1.82) is 5.41 Å². The Morgan fingerprint density at radius 1 is 1.31 bits per heavy atom. The van der Waals surface area contributed by atoms with E-state index in [0.717, 1.165) is 35.4 Å². The molecule has 0 bridgehead atoms. The maximum absolute atomic E-state index is 13.8. The predicted molar refractivity (Wildman–Crippen MR) is 131 cm³/mol. The summed E-state index contributed by atoms with van der Waals surface area (Å²) in [5.41, 5.74) is 4.40. The molecule has 0 saturated carbocycles. The number of halogens is 1. The minimum Gasteiger partial charge on any atom is -0.384 e. The highest BCUT2D eigenvalue weighted by Gasteiger charge is 2.32. The van der Waals surface area contributed by atoms with E-state index in [0.29, 0.717) is 30.9 Å². The highest BCUT2D eigenvalue weighted by molar-refractivity contribution is 5.88. The van der Waals surface area contributed by atoms with E-state index in [2.05, 4.69) is 18.8 Å². The maximum atomic E-state index is 13.8. The lowest BCUT2D eigenvalue weighted by Gasteiger charge is -2.21. The second-order valence-electron chi connectivity index (χ2n) is 8.36. The molecular formula is C27H32FN3O. The average molecular weight is 434 g/mol. The molecule has 0 radical (unpaired) electrons. The number of carbonyl (C=O) groups excluding carboxylic acids is 1. The number of aryl methyl sites for hydroxylation is 1. The molecule has 0 spiro atoms. The van der Waals surface area contributed by atoms with Gasteiger partial charge in [0.1, 0.15) is 5.82 Å². The molecule has 2 unspecified atom stereocenters. The molecule has 1 amide bonds. The Hall–Kier alpha value is -3.21. The Labute approximate surface area is 190 Å². The van der Waals surface area contributed by atoms with Gasteiger partial charge in [0.15, 0.2) is 0 Å². The number of nitrogens with zero attached hydrogens (tertiary/aromatic N) is 1. The lowest BCUT2D eigenvalue weighted by molar-refractivity contribution is -0.131. The van der Waals surface area contributed by atoms with Gasteiger partial charge < -0.3 is 15.6 Å². The Bertz CT molecular complexity index is 1010. The SMILES string of the molecule is C=C/C(=C\C)c1ccc(NCC2CC(C)N(C(=O)CCc3ccccc3F)C2)c(C=N)c1. The van der Waals surface area contributed by atoms with E-state index in [4.69, 9.17) is 5.41 Å². The first-order valence-electron chi connectivity index (χ1n) is 11.2. The van der Waals surface area contributed by atoms with Gasteiger partial charge in [0.05, 0.1) is 0 Å². The summed E-state index contributed by atoms with van der Waals surface area (Å²) in [5, 5.41) is 11.3. The Morgan fingerprint density at radius 3 is 2.78 bits per heavy atom. The van der Waals surface area contributed by atoms with Crippen molar-refractivity contribution in [2.45, 2.75) is 39.2 Å².